The monoisotopic (exact) mass is 275 g/mol. The third-order valence-electron chi connectivity index (χ3n) is 2.57. The summed E-state index contributed by atoms with van der Waals surface area (Å²) < 4.78 is 0. The molecule has 0 fully saturated rings. The fraction of sp³-hybridized carbons (Fsp3) is 0.417. The molecule has 1 amide bonds. The van der Waals surface area contributed by atoms with Crippen molar-refractivity contribution in [2.45, 2.75) is 19.8 Å². The number of H-pyrrole nitrogens is 1. The number of nitrogens with zero attached hydrogens (tertiary/aromatic N) is 4. The molecule has 0 aliphatic rings. The second-order valence-corrected chi connectivity index (χ2v) is 4.17. The lowest BCUT2D eigenvalue weighted by molar-refractivity contribution is 0.0948. The first kappa shape index (κ1) is 13.9. The molecular weight excluding hydrogens is 258 g/mol. The highest BCUT2D eigenvalue weighted by atomic mass is 16.1. The zero-order valence-electron chi connectivity index (χ0n) is 11.3. The van der Waals surface area contributed by atoms with Crippen LogP contribution in [0.1, 0.15) is 29.7 Å². The lowest BCUT2D eigenvalue weighted by atomic mass is 10.3. The molecule has 0 saturated carbocycles. The Morgan fingerprint density at radius 2 is 2.20 bits per heavy atom. The molecular formula is C12H17N7O. The maximum atomic E-state index is 11.8. The van der Waals surface area contributed by atoms with Gasteiger partial charge in [0.2, 0.25) is 0 Å². The number of hydrogen-bond acceptors (Lipinski definition) is 6. The van der Waals surface area contributed by atoms with Gasteiger partial charge in [0, 0.05) is 19.5 Å². The third-order valence-corrected chi connectivity index (χ3v) is 2.57. The number of carbonyl (C=O) groups is 1. The first-order valence-electron chi connectivity index (χ1n) is 6.49. The molecule has 0 saturated heterocycles. The average Bonchev–Trinajstić information content (AvgIpc) is 2.99. The molecule has 20 heavy (non-hydrogen) atoms. The second-order valence-electron chi connectivity index (χ2n) is 4.17. The van der Waals surface area contributed by atoms with Crippen molar-refractivity contribution >= 4 is 11.7 Å². The van der Waals surface area contributed by atoms with Crippen molar-refractivity contribution in [1.82, 2.24) is 30.7 Å². The van der Waals surface area contributed by atoms with Crippen molar-refractivity contribution in [3.8, 4) is 0 Å². The fourth-order valence-electron chi connectivity index (χ4n) is 1.54. The van der Waals surface area contributed by atoms with E-state index in [9.17, 15) is 4.79 Å². The zero-order valence-corrected chi connectivity index (χ0v) is 11.3. The van der Waals surface area contributed by atoms with Crippen LogP contribution in [0.15, 0.2) is 18.5 Å². The van der Waals surface area contributed by atoms with Gasteiger partial charge < -0.3 is 10.6 Å². The van der Waals surface area contributed by atoms with Crippen molar-refractivity contribution in [3.63, 3.8) is 0 Å². The van der Waals surface area contributed by atoms with Crippen molar-refractivity contribution in [2.24, 2.45) is 0 Å². The highest BCUT2D eigenvalue weighted by molar-refractivity contribution is 5.92. The van der Waals surface area contributed by atoms with Gasteiger partial charge >= 0.3 is 0 Å². The Balaban J connectivity index is 1.79. The normalized spacial score (nSPS) is 10.2. The predicted octanol–water partition coefficient (Wildman–Crippen LogP) is 0.389. The van der Waals surface area contributed by atoms with Crippen LogP contribution in [0.3, 0.4) is 0 Å². The molecule has 0 atom stereocenters. The van der Waals surface area contributed by atoms with Crippen LogP contribution in [0.2, 0.25) is 0 Å². The van der Waals surface area contributed by atoms with E-state index in [4.69, 9.17) is 0 Å². The minimum Gasteiger partial charge on any atom is -0.369 e. The van der Waals surface area contributed by atoms with Crippen LogP contribution in [0.25, 0.3) is 0 Å². The molecule has 0 radical (unpaired) electrons. The number of anilines is 1. The van der Waals surface area contributed by atoms with E-state index in [0.29, 0.717) is 24.5 Å². The van der Waals surface area contributed by atoms with Gasteiger partial charge in [0.25, 0.3) is 5.91 Å². The third kappa shape index (κ3) is 4.01. The summed E-state index contributed by atoms with van der Waals surface area (Å²) in [5.74, 6) is 1.15. The summed E-state index contributed by atoms with van der Waals surface area (Å²) in [5, 5.41) is 20.1. The molecule has 8 heteroatoms. The minimum atomic E-state index is -0.251. The van der Waals surface area contributed by atoms with Crippen LogP contribution in [0.4, 0.5) is 5.82 Å². The molecule has 0 aliphatic heterocycles. The van der Waals surface area contributed by atoms with Crippen LogP contribution < -0.4 is 10.6 Å². The lowest BCUT2D eigenvalue weighted by Gasteiger charge is -2.05. The van der Waals surface area contributed by atoms with Gasteiger partial charge in [-0.05, 0) is 18.6 Å². The lowest BCUT2D eigenvalue weighted by Crippen LogP contribution is -2.27. The molecule has 8 nitrogen and oxygen atoms in total. The number of rotatable bonds is 7. The summed E-state index contributed by atoms with van der Waals surface area (Å²) in [6.07, 6.45) is 3.03. The van der Waals surface area contributed by atoms with Gasteiger partial charge in [0.1, 0.15) is 18.0 Å². The molecule has 2 aromatic heterocycles. The molecule has 0 aliphatic carbocycles. The largest absolute Gasteiger partial charge is 0.369 e. The van der Waals surface area contributed by atoms with Crippen molar-refractivity contribution in [3.05, 3.63) is 30.0 Å². The van der Waals surface area contributed by atoms with Crippen LogP contribution in [-0.4, -0.2) is 44.4 Å². The van der Waals surface area contributed by atoms with Gasteiger partial charge in [-0.25, -0.2) is 4.98 Å². The Labute approximate surface area is 116 Å². The van der Waals surface area contributed by atoms with E-state index in [1.165, 1.54) is 6.33 Å². The second kappa shape index (κ2) is 7.17. The van der Waals surface area contributed by atoms with Crippen LogP contribution in [-0.2, 0) is 6.42 Å². The number of aromatic nitrogens is 5. The standard InChI is InChI=1S/C12H17N7O/c1-2-6-13-10-4-3-9(17-19-10)12(20)14-7-5-11-15-8-16-18-11/h3-4,8H,2,5-7H2,1H3,(H,13,19)(H,14,20)(H,15,16,18). The maximum Gasteiger partial charge on any atom is 0.271 e. The summed E-state index contributed by atoms with van der Waals surface area (Å²) in [4.78, 5) is 15.8. The van der Waals surface area contributed by atoms with E-state index < -0.39 is 0 Å². The topological polar surface area (TPSA) is 108 Å². The Hall–Kier alpha value is -2.51. The molecule has 0 bridgehead atoms. The van der Waals surface area contributed by atoms with Gasteiger partial charge in [-0.1, -0.05) is 6.92 Å². The summed E-state index contributed by atoms with van der Waals surface area (Å²) in [5.41, 5.74) is 0.296. The summed E-state index contributed by atoms with van der Waals surface area (Å²) in [7, 11) is 0. The number of nitrogens with one attached hydrogen (secondary N) is 3. The quantitative estimate of drug-likeness (QED) is 0.674. The maximum absolute atomic E-state index is 11.8. The number of hydrogen-bond donors (Lipinski definition) is 3. The highest BCUT2D eigenvalue weighted by Gasteiger charge is 2.07. The van der Waals surface area contributed by atoms with E-state index in [1.807, 2.05) is 0 Å². The Bertz CT molecular complexity index is 523. The zero-order chi connectivity index (χ0) is 14.2. The van der Waals surface area contributed by atoms with E-state index in [0.717, 1.165) is 18.8 Å². The summed E-state index contributed by atoms with van der Waals surface area (Å²) in [6.45, 7) is 3.36. The molecule has 106 valence electrons. The van der Waals surface area contributed by atoms with E-state index in [2.05, 4.69) is 42.9 Å². The van der Waals surface area contributed by atoms with E-state index in [-0.39, 0.29) is 5.91 Å². The highest BCUT2D eigenvalue weighted by Crippen LogP contribution is 2.02. The van der Waals surface area contributed by atoms with Gasteiger partial charge in [0.15, 0.2) is 5.69 Å². The minimum absolute atomic E-state index is 0.251. The van der Waals surface area contributed by atoms with Gasteiger partial charge in [-0.3, -0.25) is 9.89 Å². The number of carbonyl (C=O) groups excluding carboxylic acids is 1. The van der Waals surface area contributed by atoms with Gasteiger partial charge in [-0.15, -0.1) is 10.2 Å². The summed E-state index contributed by atoms with van der Waals surface area (Å²) in [6, 6.07) is 3.39. The molecule has 0 aromatic carbocycles. The Morgan fingerprint density at radius 3 is 2.85 bits per heavy atom. The Morgan fingerprint density at radius 1 is 1.30 bits per heavy atom. The van der Waals surface area contributed by atoms with Crippen LogP contribution in [0.5, 0.6) is 0 Å². The van der Waals surface area contributed by atoms with E-state index >= 15 is 0 Å². The summed E-state index contributed by atoms with van der Waals surface area (Å²) >= 11 is 0. The Kier molecular flexibility index (Phi) is 4.99. The molecule has 0 spiro atoms. The fourth-order valence-corrected chi connectivity index (χ4v) is 1.54. The molecule has 2 heterocycles. The van der Waals surface area contributed by atoms with Crippen molar-refractivity contribution in [1.29, 1.82) is 0 Å². The number of aromatic amines is 1. The van der Waals surface area contributed by atoms with Crippen LogP contribution >= 0.6 is 0 Å². The van der Waals surface area contributed by atoms with Crippen LogP contribution in [0, 0.1) is 0 Å². The predicted molar refractivity (Wildman–Crippen MR) is 73.2 cm³/mol. The van der Waals surface area contributed by atoms with Gasteiger partial charge in [0.05, 0.1) is 0 Å². The molecule has 0 unspecified atom stereocenters. The first-order valence-corrected chi connectivity index (χ1v) is 6.49. The SMILES string of the molecule is CCCNc1ccc(C(=O)NCCc2ncn[nH]2)nn1. The van der Waals surface area contributed by atoms with E-state index in [1.54, 1.807) is 12.1 Å². The van der Waals surface area contributed by atoms with Crippen molar-refractivity contribution < 1.29 is 4.79 Å². The number of amides is 1. The average molecular weight is 275 g/mol. The molecule has 2 aromatic rings. The first-order chi connectivity index (χ1) is 9.79. The van der Waals surface area contributed by atoms with Crippen molar-refractivity contribution in [2.75, 3.05) is 18.4 Å². The van der Waals surface area contributed by atoms with Gasteiger partial charge in [-0.2, -0.15) is 5.10 Å². The molecule has 3 N–H and O–H groups in total. The smallest absolute Gasteiger partial charge is 0.271 e. The molecule has 2 rings (SSSR count).